The predicted octanol–water partition coefficient (Wildman–Crippen LogP) is 3.07. The fraction of sp³-hybridized carbons (Fsp3) is 0.462. The molecule has 1 fully saturated rings. The molecular weight excluding hydrogens is 216 g/mol. The number of thiazole rings is 1. The maximum absolute atomic E-state index is 4.76. The molecule has 1 aliphatic heterocycles. The topological polar surface area (TPSA) is 24.9 Å². The molecule has 1 saturated heterocycles. The van der Waals surface area contributed by atoms with E-state index in [9.17, 15) is 0 Å². The second-order valence-electron chi connectivity index (χ2n) is 4.57. The first-order chi connectivity index (χ1) is 7.83. The van der Waals surface area contributed by atoms with Gasteiger partial charge in [-0.3, -0.25) is 0 Å². The average molecular weight is 232 g/mol. The fourth-order valence-electron chi connectivity index (χ4n) is 2.29. The largest absolute Gasteiger partial charge is 0.316 e. The first-order valence-electron chi connectivity index (χ1n) is 5.91. The van der Waals surface area contributed by atoms with Gasteiger partial charge >= 0.3 is 0 Å². The maximum Gasteiger partial charge on any atom is 0.0982 e. The van der Waals surface area contributed by atoms with E-state index in [4.69, 9.17) is 4.98 Å². The highest BCUT2D eigenvalue weighted by Crippen LogP contribution is 2.31. The Hall–Kier alpha value is -0.930. The van der Waals surface area contributed by atoms with Gasteiger partial charge in [0.05, 0.1) is 15.2 Å². The van der Waals surface area contributed by atoms with Crippen molar-refractivity contribution in [3.63, 3.8) is 0 Å². The third-order valence-corrected chi connectivity index (χ3v) is 4.39. The predicted molar refractivity (Wildman–Crippen MR) is 69.2 cm³/mol. The summed E-state index contributed by atoms with van der Waals surface area (Å²) < 4.78 is 1.33. The van der Waals surface area contributed by atoms with Crippen molar-refractivity contribution in [1.29, 1.82) is 0 Å². The number of rotatable bonds is 1. The van der Waals surface area contributed by atoms with Crippen LogP contribution in [-0.2, 0) is 0 Å². The minimum atomic E-state index is 0.631. The normalized spacial score (nSPS) is 21.4. The quantitative estimate of drug-likeness (QED) is 0.817. The molecular formula is C13H16N2S. The zero-order chi connectivity index (χ0) is 11.0. The molecule has 2 heterocycles. The standard InChI is InChI=1S/C13H16N2S/c1-9-4-5-11-12(7-9)16-13(15-11)10-3-2-6-14-8-10/h4-5,7,10,14H,2-3,6,8H2,1H3. The van der Waals surface area contributed by atoms with E-state index < -0.39 is 0 Å². The molecule has 84 valence electrons. The van der Waals surface area contributed by atoms with Crippen LogP contribution in [0.1, 0.15) is 29.3 Å². The van der Waals surface area contributed by atoms with E-state index in [1.54, 1.807) is 0 Å². The average Bonchev–Trinajstić information content (AvgIpc) is 2.73. The Balaban J connectivity index is 1.97. The minimum absolute atomic E-state index is 0.631. The van der Waals surface area contributed by atoms with Gasteiger partial charge in [-0.1, -0.05) is 6.07 Å². The summed E-state index contributed by atoms with van der Waals surface area (Å²) in [6.07, 6.45) is 2.56. The van der Waals surface area contributed by atoms with Crippen LogP contribution in [0, 0.1) is 6.92 Å². The summed E-state index contributed by atoms with van der Waals surface area (Å²) in [5.41, 5.74) is 2.49. The van der Waals surface area contributed by atoms with Gasteiger partial charge in [-0.15, -0.1) is 11.3 Å². The van der Waals surface area contributed by atoms with Gasteiger partial charge in [0.1, 0.15) is 0 Å². The molecule has 1 unspecified atom stereocenters. The summed E-state index contributed by atoms with van der Waals surface area (Å²) in [6, 6.07) is 6.53. The molecule has 16 heavy (non-hydrogen) atoms. The summed E-state index contributed by atoms with van der Waals surface area (Å²) in [4.78, 5) is 4.76. The molecule has 1 atom stereocenters. The van der Waals surface area contributed by atoms with Crippen molar-refractivity contribution in [2.45, 2.75) is 25.7 Å². The van der Waals surface area contributed by atoms with Gasteiger partial charge in [-0.05, 0) is 44.0 Å². The van der Waals surface area contributed by atoms with E-state index >= 15 is 0 Å². The molecule has 0 radical (unpaired) electrons. The summed E-state index contributed by atoms with van der Waals surface area (Å²) in [5, 5.41) is 4.77. The summed E-state index contributed by atoms with van der Waals surface area (Å²) >= 11 is 1.87. The van der Waals surface area contributed by atoms with Crippen LogP contribution in [0.5, 0.6) is 0 Å². The first kappa shape index (κ1) is 10.2. The molecule has 2 aromatic rings. The lowest BCUT2D eigenvalue weighted by molar-refractivity contribution is 0.461. The molecule has 0 aliphatic carbocycles. The Bertz CT molecular complexity index is 498. The van der Waals surface area contributed by atoms with Crippen molar-refractivity contribution in [2.75, 3.05) is 13.1 Å². The molecule has 1 aromatic carbocycles. The van der Waals surface area contributed by atoms with Crippen molar-refractivity contribution in [1.82, 2.24) is 10.3 Å². The van der Waals surface area contributed by atoms with Crippen molar-refractivity contribution in [2.24, 2.45) is 0 Å². The number of benzene rings is 1. The van der Waals surface area contributed by atoms with Crippen LogP contribution in [0.3, 0.4) is 0 Å². The number of nitrogens with one attached hydrogen (secondary N) is 1. The van der Waals surface area contributed by atoms with Crippen molar-refractivity contribution >= 4 is 21.6 Å². The second kappa shape index (κ2) is 4.15. The number of aryl methyl sites for hydroxylation is 1. The first-order valence-corrected chi connectivity index (χ1v) is 6.72. The highest BCUT2D eigenvalue weighted by atomic mass is 32.1. The second-order valence-corrected chi connectivity index (χ2v) is 5.63. The number of fused-ring (bicyclic) bond motifs is 1. The van der Waals surface area contributed by atoms with E-state index in [1.165, 1.54) is 34.7 Å². The third-order valence-electron chi connectivity index (χ3n) is 3.21. The van der Waals surface area contributed by atoms with Gasteiger partial charge in [-0.25, -0.2) is 4.98 Å². The van der Waals surface area contributed by atoms with Gasteiger partial charge < -0.3 is 5.32 Å². The Labute approximate surface area is 99.7 Å². The zero-order valence-electron chi connectivity index (χ0n) is 9.49. The smallest absolute Gasteiger partial charge is 0.0982 e. The van der Waals surface area contributed by atoms with Crippen LogP contribution in [0.15, 0.2) is 18.2 Å². The molecule has 1 N–H and O–H groups in total. The molecule has 0 saturated carbocycles. The Morgan fingerprint density at radius 2 is 2.38 bits per heavy atom. The molecule has 1 aromatic heterocycles. The molecule has 3 heteroatoms. The monoisotopic (exact) mass is 232 g/mol. The van der Waals surface area contributed by atoms with Crippen LogP contribution in [0.25, 0.3) is 10.2 Å². The van der Waals surface area contributed by atoms with Crippen LogP contribution < -0.4 is 5.32 Å². The van der Waals surface area contributed by atoms with E-state index in [-0.39, 0.29) is 0 Å². The van der Waals surface area contributed by atoms with Crippen LogP contribution >= 0.6 is 11.3 Å². The van der Waals surface area contributed by atoms with Gasteiger partial charge in [-0.2, -0.15) is 0 Å². The summed E-state index contributed by atoms with van der Waals surface area (Å²) in [7, 11) is 0. The van der Waals surface area contributed by atoms with Gasteiger partial charge in [0.2, 0.25) is 0 Å². The summed E-state index contributed by atoms with van der Waals surface area (Å²) in [6.45, 7) is 4.40. The van der Waals surface area contributed by atoms with Crippen LogP contribution in [-0.4, -0.2) is 18.1 Å². The Morgan fingerprint density at radius 3 is 3.19 bits per heavy atom. The van der Waals surface area contributed by atoms with Crippen LogP contribution in [0.2, 0.25) is 0 Å². The minimum Gasteiger partial charge on any atom is -0.316 e. The molecule has 0 amide bonds. The molecule has 0 spiro atoms. The zero-order valence-corrected chi connectivity index (χ0v) is 10.3. The third kappa shape index (κ3) is 1.85. The Morgan fingerprint density at radius 1 is 1.44 bits per heavy atom. The van der Waals surface area contributed by atoms with E-state index in [0.717, 1.165) is 12.1 Å². The van der Waals surface area contributed by atoms with E-state index in [0.29, 0.717) is 5.92 Å². The van der Waals surface area contributed by atoms with E-state index in [2.05, 4.69) is 30.4 Å². The van der Waals surface area contributed by atoms with Gasteiger partial charge in [0.25, 0.3) is 0 Å². The summed E-state index contributed by atoms with van der Waals surface area (Å²) in [5.74, 6) is 0.631. The van der Waals surface area contributed by atoms with Crippen LogP contribution in [0.4, 0.5) is 0 Å². The molecule has 2 nitrogen and oxygen atoms in total. The Kier molecular flexibility index (Phi) is 2.65. The lowest BCUT2D eigenvalue weighted by Crippen LogP contribution is -2.28. The SMILES string of the molecule is Cc1ccc2nc(C3CCCNC3)sc2c1. The van der Waals surface area contributed by atoms with Crippen molar-refractivity contribution < 1.29 is 0 Å². The number of piperidine rings is 1. The highest BCUT2D eigenvalue weighted by Gasteiger charge is 2.18. The molecule has 3 rings (SSSR count). The highest BCUT2D eigenvalue weighted by molar-refractivity contribution is 7.18. The lowest BCUT2D eigenvalue weighted by atomic mass is 10.0. The van der Waals surface area contributed by atoms with Gasteiger partial charge in [0.15, 0.2) is 0 Å². The number of hydrogen-bond acceptors (Lipinski definition) is 3. The number of hydrogen-bond donors (Lipinski definition) is 1. The molecule has 1 aliphatic rings. The van der Waals surface area contributed by atoms with Gasteiger partial charge in [0, 0.05) is 12.5 Å². The fourth-order valence-corrected chi connectivity index (χ4v) is 3.49. The van der Waals surface area contributed by atoms with Crippen molar-refractivity contribution in [3.8, 4) is 0 Å². The molecule has 0 bridgehead atoms. The number of aromatic nitrogens is 1. The van der Waals surface area contributed by atoms with Crippen molar-refractivity contribution in [3.05, 3.63) is 28.8 Å². The maximum atomic E-state index is 4.76. The number of nitrogens with zero attached hydrogens (tertiary/aromatic N) is 1. The lowest BCUT2D eigenvalue weighted by Gasteiger charge is -2.20. The van der Waals surface area contributed by atoms with E-state index in [1.807, 2.05) is 11.3 Å².